The maximum atomic E-state index is 12.2. The van der Waals surface area contributed by atoms with E-state index in [0.29, 0.717) is 16.6 Å². The van der Waals surface area contributed by atoms with E-state index in [1.165, 1.54) is 0 Å². The third-order valence-corrected chi connectivity index (χ3v) is 4.80. The van der Waals surface area contributed by atoms with Gasteiger partial charge < -0.3 is 9.30 Å². The lowest BCUT2D eigenvalue weighted by molar-refractivity contribution is 0.0579. The fourth-order valence-corrected chi connectivity index (χ4v) is 3.33. The van der Waals surface area contributed by atoms with Crippen molar-refractivity contribution in [3.8, 4) is 0 Å². The summed E-state index contributed by atoms with van der Waals surface area (Å²) in [6, 6.07) is 2.19. The van der Waals surface area contributed by atoms with E-state index in [1.54, 1.807) is 7.11 Å². The van der Waals surface area contributed by atoms with Crippen LogP contribution in [0.2, 0.25) is 0 Å². The number of aromatic nitrogens is 1. The van der Waals surface area contributed by atoms with Crippen LogP contribution in [0, 0.1) is 0 Å². The number of hydrogen-bond donors (Lipinski definition) is 0. The summed E-state index contributed by atoms with van der Waals surface area (Å²) in [4.78, 5) is 12.2. The van der Waals surface area contributed by atoms with Crippen molar-refractivity contribution >= 4 is 31.9 Å². The van der Waals surface area contributed by atoms with Crippen LogP contribution in [-0.2, 0) is 10.1 Å². The lowest BCUT2D eigenvalue weighted by atomic mass is 9.92. The quantitative estimate of drug-likeness (QED) is 0.752. The minimum atomic E-state index is 0.0700. The molecule has 2 rings (SSSR count). The van der Waals surface area contributed by atoms with E-state index in [-0.39, 0.29) is 5.56 Å². The summed E-state index contributed by atoms with van der Waals surface area (Å²) in [5.74, 6) is 0. The fourth-order valence-electron chi connectivity index (χ4n) is 2.53. The first-order chi connectivity index (χ1) is 8.65. The van der Waals surface area contributed by atoms with Crippen molar-refractivity contribution in [2.45, 2.75) is 43.2 Å². The third kappa shape index (κ3) is 3.06. The summed E-state index contributed by atoms with van der Waals surface area (Å²) in [5, 5.41) is 0.763. The van der Waals surface area contributed by atoms with Crippen molar-refractivity contribution in [1.82, 2.24) is 4.57 Å². The van der Waals surface area contributed by atoms with Crippen LogP contribution in [0.25, 0.3) is 0 Å². The summed E-state index contributed by atoms with van der Waals surface area (Å²) in [6.07, 6.45) is 6.42. The van der Waals surface area contributed by atoms with Gasteiger partial charge in [-0.25, -0.2) is 0 Å². The van der Waals surface area contributed by atoms with Gasteiger partial charge in [0.2, 0.25) is 0 Å². The zero-order valence-corrected chi connectivity index (χ0v) is 13.5. The zero-order valence-electron chi connectivity index (χ0n) is 10.4. The summed E-state index contributed by atoms with van der Waals surface area (Å²) in [7, 11) is 1.76. The number of methoxy groups -OCH3 is 1. The number of pyridine rings is 1. The molecule has 100 valence electrons. The molecule has 0 aliphatic heterocycles. The first-order valence-electron chi connectivity index (χ1n) is 6.15. The summed E-state index contributed by atoms with van der Waals surface area (Å²) in [5.41, 5.74) is 1.19. The SMILES string of the molecule is COC1CCC(n2cc(CBr)cc(Br)c2=O)CC1. The van der Waals surface area contributed by atoms with E-state index in [1.807, 2.05) is 16.8 Å². The Hall–Kier alpha value is -0.130. The fraction of sp³-hybridized carbons (Fsp3) is 0.615. The Morgan fingerprint density at radius 1 is 1.39 bits per heavy atom. The Kier molecular flexibility index (Phi) is 5.04. The normalized spacial score (nSPS) is 24.2. The molecule has 1 fully saturated rings. The van der Waals surface area contributed by atoms with Gasteiger partial charge in [-0.05, 0) is 53.2 Å². The average Bonchev–Trinajstić information content (AvgIpc) is 2.42. The molecule has 0 saturated heterocycles. The topological polar surface area (TPSA) is 31.2 Å². The zero-order chi connectivity index (χ0) is 13.1. The minimum absolute atomic E-state index is 0.0700. The van der Waals surface area contributed by atoms with E-state index < -0.39 is 0 Å². The van der Waals surface area contributed by atoms with Crippen LogP contribution in [0.4, 0.5) is 0 Å². The van der Waals surface area contributed by atoms with Crippen LogP contribution in [0.3, 0.4) is 0 Å². The van der Waals surface area contributed by atoms with Crippen LogP contribution >= 0.6 is 31.9 Å². The van der Waals surface area contributed by atoms with Crippen LogP contribution in [0.15, 0.2) is 21.5 Å². The predicted octanol–water partition coefficient (Wildman–Crippen LogP) is 3.64. The van der Waals surface area contributed by atoms with Crippen molar-refractivity contribution in [3.05, 3.63) is 32.7 Å². The van der Waals surface area contributed by atoms with Gasteiger partial charge in [0.15, 0.2) is 0 Å². The lowest BCUT2D eigenvalue weighted by Crippen LogP contribution is -2.30. The van der Waals surface area contributed by atoms with Gasteiger partial charge in [-0.15, -0.1) is 0 Å². The van der Waals surface area contributed by atoms with E-state index in [4.69, 9.17) is 4.74 Å². The van der Waals surface area contributed by atoms with Crippen LogP contribution in [0.5, 0.6) is 0 Å². The third-order valence-electron chi connectivity index (χ3n) is 3.58. The minimum Gasteiger partial charge on any atom is -0.381 e. The van der Waals surface area contributed by atoms with Gasteiger partial charge in [0.1, 0.15) is 0 Å². The Morgan fingerprint density at radius 3 is 2.61 bits per heavy atom. The van der Waals surface area contributed by atoms with E-state index in [0.717, 1.165) is 36.6 Å². The van der Waals surface area contributed by atoms with Crippen molar-refractivity contribution < 1.29 is 4.74 Å². The second-order valence-electron chi connectivity index (χ2n) is 4.71. The lowest BCUT2D eigenvalue weighted by Gasteiger charge is -2.29. The molecular formula is C13H17Br2NO2. The van der Waals surface area contributed by atoms with Gasteiger partial charge >= 0.3 is 0 Å². The smallest absolute Gasteiger partial charge is 0.265 e. The summed E-state index contributed by atoms with van der Waals surface area (Å²) in [6.45, 7) is 0. The molecular weight excluding hydrogens is 362 g/mol. The second kappa shape index (κ2) is 6.35. The Bertz CT molecular complexity index is 465. The number of rotatable bonds is 3. The maximum absolute atomic E-state index is 12.2. The molecule has 0 atom stereocenters. The van der Waals surface area contributed by atoms with Crippen molar-refractivity contribution in [2.75, 3.05) is 7.11 Å². The Balaban J connectivity index is 2.23. The highest BCUT2D eigenvalue weighted by atomic mass is 79.9. The van der Waals surface area contributed by atoms with E-state index in [2.05, 4.69) is 31.9 Å². The molecule has 0 bridgehead atoms. The van der Waals surface area contributed by atoms with E-state index in [9.17, 15) is 4.79 Å². The molecule has 3 nitrogen and oxygen atoms in total. The molecule has 1 saturated carbocycles. The molecule has 1 heterocycles. The van der Waals surface area contributed by atoms with Crippen LogP contribution in [0.1, 0.15) is 37.3 Å². The average molecular weight is 379 g/mol. The number of nitrogens with zero attached hydrogens (tertiary/aromatic N) is 1. The molecule has 1 aliphatic rings. The predicted molar refractivity (Wildman–Crippen MR) is 79.3 cm³/mol. The number of alkyl halides is 1. The molecule has 0 spiro atoms. The largest absolute Gasteiger partial charge is 0.381 e. The molecule has 1 aromatic rings. The number of halogens is 2. The van der Waals surface area contributed by atoms with Gasteiger partial charge in [-0.3, -0.25) is 4.79 Å². The number of ether oxygens (including phenoxy) is 1. The maximum Gasteiger partial charge on any atom is 0.265 e. The molecule has 18 heavy (non-hydrogen) atoms. The summed E-state index contributed by atoms with van der Waals surface area (Å²) < 4.78 is 7.90. The van der Waals surface area contributed by atoms with Gasteiger partial charge in [-0.2, -0.15) is 0 Å². The number of hydrogen-bond acceptors (Lipinski definition) is 2. The van der Waals surface area contributed by atoms with Gasteiger partial charge in [0, 0.05) is 24.7 Å². The monoisotopic (exact) mass is 377 g/mol. The molecule has 0 radical (unpaired) electrons. The Morgan fingerprint density at radius 2 is 2.06 bits per heavy atom. The molecule has 0 aromatic carbocycles. The highest BCUT2D eigenvalue weighted by molar-refractivity contribution is 9.10. The summed E-state index contributed by atoms with van der Waals surface area (Å²) >= 11 is 6.79. The van der Waals surface area contributed by atoms with Crippen LogP contribution < -0.4 is 5.56 Å². The molecule has 0 unspecified atom stereocenters. The first kappa shape index (κ1) is 14.3. The highest BCUT2D eigenvalue weighted by Crippen LogP contribution is 2.29. The van der Waals surface area contributed by atoms with E-state index >= 15 is 0 Å². The molecule has 0 amide bonds. The molecule has 1 aliphatic carbocycles. The molecule has 5 heteroatoms. The van der Waals surface area contributed by atoms with Crippen molar-refractivity contribution in [3.63, 3.8) is 0 Å². The van der Waals surface area contributed by atoms with Gasteiger partial charge in [0.25, 0.3) is 5.56 Å². The molecule has 1 aromatic heterocycles. The van der Waals surface area contributed by atoms with Crippen LogP contribution in [-0.4, -0.2) is 17.8 Å². The van der Waals surface area contributed by atoms with Crippen molar-refractivity contribution in [1.29, 1.82) is 0 Å². The van der Waals surface area contributed by atoms with Gasteiger partial charge in [-0.1, -0.05) is 15.9 Å². The van der Waals surface area contributed by atoms with Crippen molar-refractivity contribution in [2.24, 2.45) is 0 Å². The van der Waals surface area contributed by atoms with Gasteiger partial charge in [0.05, 0.1) is 10.6 Å². The first-order valence-corrected chi connectivity index (χ1v) is 8.06. The highest BCUT2D eigenvalue weighted by Gasteiger charge is 2.23. The molecule has 0 N–H and O–H groups in total. The second-order valence-corrected chi connectivity index (χ2v) is 6.12. The standard InChI is InChI=1S/C13H17Br2NO2/c1-18-11-4-2-10(3-5-11)16-8-9(7-14)6-12(15)13(16)17/h6,8,10-11H,2-5,7H2,1H3. The Labute approximate surface area is 124 Å².